The van der Waals surface area contributed by atoms with E-state index in [-0.39, 0.29) is 11.6 Å². The second-order valence-electron chi connectivity index (χ2n) is 4.83. The molecule has 0 aliphatic carbocycles. The minimum absolute atomic E-state index is 0.214. The van der Waals surface area contributed by atoms with Crippen LogP contribution in [0.2, 0.25) is 0 Å². The Morgan fingerprint density at radius 2 is 1.70 bits per heavy atom. The number of halogens is 1. The number of benzene rings is 2. The first-order chi connectivity index (χ1) is 11.1. The Kier molecular flexibility index (Phi) is 5.57. The van der Waals surface area contributed by atoms with E-state index in [1.807, 2.05) is 30.3 Å². The summed E-state index contributed by atoms with van der Waals surface area (Å²) in [6.07, 6.45) is 1.14. The zero-order chi connectivity index (χ0) is 16.7. The smallest absolute Gasteiger partial charge is 0.329 e. The lowest BCUT2D eigenvalue weighted by Crippen LogP contribution is -2.39. The molecule has 5 nitrogen and oxygen atoms in total. The monoisotopic (exact) mass is 313 g/mol. The lowest BCUT2D eigenvalue weighted by molar-refractivity contribution is -0.139. The van der Waals surface area contributed by atoms with Gasteiger partial charge >= 0.3 is 11.8 Å². The van der Waals surface area contributed by atoms with Crippen molar-refractivity contribution in [1.29, 1.82) is 0 Å². The fraction of sp³-hybridized carbons (Fsp3) is 0.118. The van der Waals surface area contributed by atoms with Crippen LogP contribution >= 0.6 is 0 Å². The maximum Gasteiger partial charge on any atom is 0.329 e. The molecule has 118 valence electrons. The van der Waals surface area contributed by atoms with Gasteiger partial charge in [0.15, 0.2) is 0 Å². The normalized spacial score (nSPS) is 11.9. The zero-order valence-electron chi connectivity index (χ0n) is 12.5. The number of rotatable bonds is 4. The standard InChI is InChI=1S/C17H16FN3O2/c1-12(13-7-3-2-4-8-13)20-16(22)17(23)21-19-11-14-9-5-6-10-15(14)18/h2-12H,1H3,(H,20,22)(H,21,23). The van der Waals surface area contributed by atoms with Gasteiger partial charge < -0.3 is 5.32 Å². The first-order valence-corrected chi connectivity index (χ1v) is 7.01. The van der Waals surface area contributed by atoms with E-state index in [0.29, 0.717) is 0 Å². The Bertz CT molecular complexity index is 717. The molecular weight excluding hydrogens is 297 g/mol. The average molecular weight is 313 g/mol. The first-order valence-electron chi connectivity index (χ1n) is 7.01. The Hall–Kier alpha value is -3.02. The van der Waals surface area contributed by atoms with E-state index >= 15 is 0 Å². The highest BCUT2D eigenvalue weighted by molar-refractivity contribution is 6.35. The predicted octanol–water partition coefficient (Wildman–Crippen LogP) is 2.15. The molecular formula is C17H16FN3O2. The van der Waals surface area contributed by atoms with Crippen LogP contribution in [0.1, 0.15) is 24.1 Å². The Balaban J connectivity index is 1.88. The molecule has 0 heterocycles. The van der Waals surface area contributed by atoms with Crippen molar-refractivity contribution in [2.45, 2.75) is 13.0 Å². The fourth-order valence-electron chi connectivity index (χ4n) is 1.88. The Morgan fingerprint density at radius 3 is 2.39 bits per heavy atom. The summed E-state index contributed by atoms with van der Waals surface area (Å²) in [5, 5.41) is 6.14. The third-order valence-electron chi connectivity index (χ3n) is 3.13. The molecule has 0 aromatic heterocycles. The number of hydrogen-bond acceptors (Lipinski definition) is 3. The van der Waals surface area contributed by atoms with Crippen molar-refractivity contribution in [2.24, 2.45) is 5.10 Å². The van der Waals surface area contributed by atoms with E-state index in [9.17, 15) is 14.0 Å². The number of nitrogens with zero attached hydrogens (tertiary/aromatic N) is 1. The van der Waals surface area contributed by atoms with Gasteiger partial charge in [0, 0.05) is 5.56 Å². The number of carbonyl (C=O) groups excluding carboxylic acids is 2. The van der Waals surface area contributed by atoms with Gasteiger partial charge in [-0.05, 0) is 18.6 Å². The van der Waals surface area contributed by atoms with Gasteiger partial charge in [0.2, 0.25) is 0 Å². The minimum atomic E-state index is -0.916. The highest BCUT2D eigenvalue weighted by Gasteiger charge is 2.16. The van der Waals surface area contributed by atoms with E-state index in [1.54, 1.807) is 19.1 Å². The Labute approximate surface area is 133 Å². The van der Waals surface area contributed by atoms with E-state index in [2.05, 4.69) is 15.8 Å². The van der Waals surface area contributed by atoms with Crippen molar-refractivity contribution >= 4 is 18.0 Å². The number of nitrogens with one attached hydrogen (secondary N) is 2. The molecule has 23 heavy (non-hydrogen) atoms. The summed E-state index contributed by atoms with van der Waals surface area (Å²) in [5.41, 5.74) is 3.16. The summed E-state index contributed by atoms with van der Waals surface area (Å²) in [7, 11) is 0. The molecule has 1 atom stereocenters. The van der Waals surface area contributed by atoms with Crippen molar-refractivity contribution in [1.82, 2.24) is 10.7 Å². The van der Waals surface area contributed by atoms with Gasteiger partial charge in [0.25, 0.3) is 0 Å². The van der Waals surface area contributed by atoms with Gasteiger partial charge in [0.1, 0.15) is 5.82 Å². The molecule has 2 amide bonds. The average Bonchev–Trinajstić information content (AvgIpc) is 2.57. The maximum absolute atomic E-state index is 13.3. The quantitative estimate of drug-likeness (QED) is 0.516. The molecule has 0 spiro atoms. The number of hydrogen-bond donors (Lipinski definition) is 2. The van der Waals surface area contributed by atoms with E-state index in [1.165, 1.54) is 12.1 Å². The minimum Gasteiger partial charge on any atom is -0.341 e. The second kappa shape index (κ2) is 7.84. The molecule has 2 aromatic rings. The fourth-order valence-corrected chi connectivity index (χ4v) is 1.88. The van der Waals surface area contributed by atoms with Crippen molar-refractivity contribution < 1.29 is 14.0 Å². The zero-order valence-corrected chi connectivity index (χ0v) is 12.5. The molecule has 1 unspecified atom stereocenters. The summed E-state index contributed by atoms with van der Waals surface area (Å²) in [6.45, 7) is 1.77. The van der Waals surface area contributed by atoms with Gasteiger partial charge in [-0.1, -0.05) is 48.5 Å². The third-order valence-corrected chi connectivity index (χ3v) is 3.13. The number of carbonyl (C=O) groups is 2. The number of amides is 2. The summed E-state index contributed by atoms with van der Waals surface area (Å²) in [5.74, 6) is -2.19. The molecule has 0 bridgehead atoms. The van der Waals surface area contributed by atoms with Crippen LogP contribution in [-0.4, -0.2) is 18.0 Å². The first kappa shape index (κ1) is 16.4. The van der Waals surface area contributed by atoms with E-state index in [0.717, 1.165) is 11.8 Å². The summed E-state index contributed by atoms with van der Waals surface area (Å²) in [6, 6.07) is 14.9. The van der Waals surface area contributed by atoms with Gasteiger partial charge in [-0.15, -0.1) is 0 Å². The van der Waals surface area contributed by atoms with Crippen LogP contribution in [0.4, 0.5) is 4.39 Å². The summed E-state index contributed by atoms with van der Waals surface area (Å²) in [4.78, 5) is 23.4. The largest absolute Gasteiger partial charge is 0.341 e. The lowest BCUT2D eigenvalue weighted by atomic mass is 10.1. The van der Waals surface area contributed by atoms with Crippen LogP contribution in [-0.2, 0) is 9.59 Å². The van der Waals surface area contributed by atoms with Gasteiger partial charge in [-0.3, -0.25) is 9.59 Å². The topological polar surface area (TPSA) is 70.6 Å². The van der Waals surface area contributed by atoms with Crippen LogP contribution in [0.5, 0.6) is 0 Å². The third kappa shape index (κ3) is 4.74. The molecule has 2 rings (SSSR count). The lowest BCUT2D eigenvalue weighted by Gasteiger charge is -2.13. The van der Waals surface area contributed by atoms with Crippen LogP contribution in [0.15, 0.2) is 59.7 Å². The SMILES string of the molecule is CC(NC(=O)C(=O)NN=Cc1ccccc1F)c1ccccc1. The van der Waals surface area contributed by atoms with Gasteiger partial charge in [-0.2, -0.15) is 5.10 Å². The van der Waals surface area contributed by atoms with Crippen LogP contribution in [0.3, 0.4) is 0 Å². The van der Waals surface area contributed by atoms with Crippen molar-refractivity contribution in [3.05, 3.63) is 71.5 Å². The molecule has 0 aliphatic heterocycles. The molecule has 0 radical (unpaired) electrons. The molecule has 6 heteroatoms. The molecule has 0 aliphatic rings. The predicted molar refractivity (Wildman–Crippen MR) is 85.1 cm³/mol. The van der Waals surface area contributed by atoms with E-state index in [4.69, 9.17) is 0 Å². The molecule has 2 aromatic carbocycles. The highest BCUT2D eigenvalue weighted by atomic mass is 19.1. The molecule has 0 saturated carbocycles. The summed E-state index contributed by atoms with van der Waals surface area (Å²) < 4.78 is 13.3. The van der Waals surface area contributed by atoms with Crippen LogP contribution < -0.4 is 10.7 Å². The Morgan fingerprint density at radius 1 is 1.04 bits per heavy atom. The molecule has 2 N–H and O–H groups in total. The van der Waals surface area contributed by atoms with Crippen LogP contribution in [0, 0.1) is 5.82 Å². The van der Waals surface area contributed by atoms with Crippen molar-refractivity contribution in [3.63, 3.8) is 0 Å². The van der Waals surface area contributed by atoms with Crippen molar-refractivity contribution in [2.75, 3.05) is 0 Å². The van der Waals surface area contributed by atoms with Gasteiger partial charge in [0.05, 0.1) is 12.3 Å². The van der Waals surface area contributed by atoms with Gasteiger partial charge in [-0.25, -0.2) is 9.82 Å². The van der Waals surface area contributed by atoms with Crippen molar-refractivity contribution in [3.8, 4) is 0 Å². The highest BCUT2D eigenvalue weighted by Crippen LogP contribution is 2.10. The second-order valence-corrected chi connectivity index (χ2v) is 4.83. The maximum atomic E-state index is 13.3. The molecule has 0 saturated heterocycles. The number of hydrazone groups is 1. The molecule has 0 fully saturated rings. The van der Waals surface area contributed by atoms with E-state index < -0.39 is 17.6 Å². The van der Waals surface area contributed by atoms with Crippen LogP contribution in [0.25, 0.3) is 0 Å². The summed E-state index contributed by atoms with van der Waals surface area (Å²) >= 11 is 0.